The molecule has 0 aliphatic carbocycles. The minimum Gasteiger partial charge on any atom is -0.378 e. The maximum absolute atomic E-state index is 12.7. The molecule has 1 amide bonds. The largest absolute Gasteiger partial charge is 0.378 e. The van der Waals surface area contributed by atoms with Crippen LogP contribution in [0.1, 0.15) is 23.7 Å². The fraction of sp³-hybridized carbons (Fsp3) is 0.625. The number of nitrogens with one attached hydrogen (secondary N) is 2. The molecule has 1 aromatic heterocycles. The van der Waals surface area contributed by atoms with Crippen LogP contribution in [0, 0.1) is 5.92 Å². The molecule has 24 heavy (non-hydrogen) atoms. The number of halogens is 2. The maximum Gasteiger partial charge on any atom is 0.255 e. The van der Waals surface area contributed by atoms with Crippen molar-refractivity contribution in [3.8, 4) is 0 Å². The molecule has 1 aromatic rings. The molecular formula is C16H26Cl2N4O2. The highest BCUT2D eigenvalue weighted by atomic mass is 35.5. The highest BCUT2D eigenvalue weighted by molar-refractivity contribution is 5.99. The van der Waals surface area contributed by atoms with Gasteiger partial charge in [0.15, 0.2) is 0 Å². The van der Waals surface area contributed by atoms with Crippen LogP contribution in [-0.4, -0.2) is 56.3 Å². The zero-order valence-electron chi connectivity index (χ0n) is 13.9. The van der Waals surface area contributed by atoms with E-state index < -0.39 is 0 Å². The summed E-state index contributed by atoms with van der Waals surface area (Å²) in [7, 11) is 0. The molecular weight excluding hydrogens is 351 g/mol. The third-order valence-electron chi connectivity index (χ3n) is 4.44. The molecule has 0 saturated carbocycles. The number of carbonyl (C=O) groups is 1. The van der Waals surface area contributed by atoms with E-state index in [-0.39, 0.29) is 36.8 Å². The van der Waals surface area contributed by atoms with E-state index in [9.17, 15) is 4.79 Å². The Bertz CT molecular complexity index is 527. The summed E-state index contributed by atoms with van der Waals surface area (Å²) < 4.78 is 5.38. The van der Waals surface area contributed by atoms with Gasteiger partial charge in [0.05, 0.1) is 18.8 Å². The van der Waals surface area contributed by atoms with Gasteiger partial charge < -0.3 is 20.3 Å². The molecule has 0 radical (unpaired) electrons. The third kappa shape index (κ3) is 4.96. The molecule has 2 unspecified atom stereocenters. The fourth-order valence-corrected chi connectivity index (χ4v) is 3.08. The number of hydrogen-bond acceptors (Lipinski definition) is 5. The van der Waals surface area contributed by atoms with E-state index in [2.05, 4.69) is 27.4 Å². The molecule has 8 heteroatoms. The second-order valence-electron chi connectivity index (χ2n) is 6.02. The summed E-state index contributed by atoms with van der Waals surface area (Å²) >= 11 is 0. The Morgan fingerprint density at radius 3 is 2.83 bits per heavy atom. The summed E-state index contributed by atoms with van der Waals surface area (Å²) in [5.74, 6) is 1.19. The van der Waals surface area contributed by atoms with Gasteiger partial charge in [0, 0.05) is 25.3 Å². The van der Waals surface area contributed by atoms with Gasteiger partial charge in [-0.05, 0) is 37.6 Å². The SMILES string of the molecule is CC1CNCCC1NC(=O)c1cccnc1N1CCOCC1.Cl.Cl. The van der Waals surface area contributed by atoms with Crippen molar-refractivity contribution in [3.63, 3.8) is 0 Å². The molecule has 2 aliphatic rings. The Morgan fingerprint density at radius 2 is 2.12 bits per heavy atom. The molecule has 6 nitrogen and oxygen atoms in total. The summed E-state index contributed by atoms with van der Waals surface area (Å²) in [5, 5.41) is 6.54. The standard InChI is InChI=1S/C16H24N4O2.2ClH/c1-12-11-17-6-4-14(12)19-16(21)13-3-2-5-18-15(13)20-7-9-22-10-8-20;;/h2-3,5,12,14,17H,4,6-11H2,1H3,(H,19,21);2*1H. The van der Waals surface area contributed by atoms with Crippen LogP contribution in [0.4, 0.5) is 5.82 Å². The minimum atomic E-state index is -0.0201. The van der Waals surface area contributed by atoms with E-state index in [0.29, 0.717) is 24.7 Å². The lowest BCUT2D eigenvalue weighted by atomic mass is 9.95. The van der Waals surface area contributed by atoms with Crippen LogP contribution in [0.5, 0.6) is 0 Å². The highest BCUT2D eigenvalue weighted by Gasteiger charge is 2.25. The first kappa shape index (κ1) is 21.0. The molecule has 0 bridgehead atoms. The van der Waals surface area contributed by atoms with Crippen LogP contribution in [-0.2, 0) is 4.74 Å². The molecule has 0 spiro atoms. The van der Waals surface area contributed by atoms with E-state index in [4.69, 9.17) is 4.74 Å². The molecule has 136 valence electrons. The van der Waals surface area contributed by atoms with E-state index in [0.717, 1.165) is 38.4 Å². The van der Waals surface area contributed by atoms with Gasteiger partial charge in [-0.3, -0.25) is 4.79 Å². The molecule has 2 atom stereocenters. The summed E-state index contributed by atoms with van der Waals surface area (Å²) in [6.07, 6.45) is 2.72. The first-order valence-electron chi connectivity index (χ1n) is 8.05. The lowest BCUT2D eigenvalue weighted by Gasteiger charge is -2.32. The quantitative estimate of drug-likeness (QED) is 0.836. The topological polar surface area (TPSA) is 66.5 Å². The van der Waals surface area contributed by atoms with Crippen molar-refractivity contribution in [1.82, 2.24) is 15.6 Å². The smallest absolute Gasteiger partial charge is 0.255 e. The number of aromatic nitrogens is 1. The number of morpholine rings is 1. The molecule has 0 aromatic carbocycles. The Morgan fingerprint density at radius 1 is 1.38 bits per heavy atom. The van der Waals surface area contributed by atoms with Gasteiger partial charge >= 0.3 is 0 Å². The summed E-state index contributed by atoms with van der Waals surface area (Å²) in [4.78, 5) is 19.3. The number of amides is 1. The molecule has 2 N–H and O–H groups in total. The van der Waals surface area contributed by atoms with E-state index in [1.807, 2.05) is 12.1 Å². The summed E-state index contributed by atoms with van der Waals surface area (Å²) in [5.41, 5.74) is 0.662. The molecule has 2 saturated heterocycles. The van der Waals surface area contributed by atoms with Crippen molar-refractivity contribution in [3.05, 3.63) is 23.9 Å². The number of anilines is 1. The Labute approximate surface area is 155 Å². The fourth-order valence-electron chi connectivity index (χ4n) is 3.08. The van der Waals surface area contributed by atoms with Crippen molar-refractivity contribution in [2.45, 2.75) is 19.4 Å². The number of hydrogen-bond donors (Lipinski definition) is 2. The van der Waals surface area contributed by atoms with Gasteiger partial charge in [0.1, 0.15) is 5.82 Å². The van der Waals surface area contributed by atoms with Crippen molar-refractivity contribution in [2.24, 2.45) is 5.92 Å². The van der Waals surface area contributed by atoms with Gasteiger partial charge in [0.25, 0.3) is 5.91 Å². The van der Waals surface area contributed by atoms with Crippen molar-refractivity contribution in [1.29, 1.82) is 0 Å². The van der Waals surface area contributed by atoms with Gasteiger partial charge in [-0.25, -0.2) is 4.98 Å². The lowest BCUT2D eigenvalue weighted by molar-refractivity contribution is 0.0912. The van der Waals surface area contributed by atoms with E-state index in [1.54, 1.807) is 6.20 Å². The first-order chi connectivity index (χ1) is 10.8. The number of carbonyl (C=O) groups excluding carboxylic acids is 1. The van der Waals surface area contributed by atoms with Crippen LogP contribution >= 0.6 is 24.8 Å². The summed E-state index contributed by atoms with van der Waals surface area (Å²) in [6, 6.07) is 3.91. The number of piperidine rings is 1. The normalized spacial score (nSPS) is 23.6. The molecule has 3 rings (SSSR count). The molecule has 3 heterocycles. The third-order valence-corrected chi connectivity index (χ3v) is 4.44. The number of nitrogens with zero attached hydrogens (tertiary/aromatic N) is 2. The Hall–Kier alpha value is -1.08. The van der Waals surface area contributed by atoms with Gasteiger partial charge in [-0.2, -0.15) is 0 Å². The van der Waals surface area contributed by atoms with E-state index in [1.165, 1.54) is 0 Å². The predicted octanol–water partition coefficient (Wildman–Crippen LogP) is 1.49. The number of ether oxygens (including phenoxy) is 1. The van der Waals surface area contributed by atoms with Crippen LogP contribution in [0.2, 0.25) is 0 Å². The molecule has 2 fully saturated rings. The van der Waals surface area contributed by atoms with Crippen molar-refractivity contribution in [2.75, 3.05) is 44.3 Å². The second kappa shape index (κ2) is 10.0. The van der Waals surface area contributed by atoms with E-state index >= 15 is 0 Å². The van der Waals surface area contributed by atoms with Crippen molar-refractivity contribution >= 4 is 36.5 Å². The van der Waals surface area contributed by atoms with Gasteiger partial charge in [-0.15, -0.1) is 24.8 Å². The number of rotatable bonds is 3. The average Bonchev–Trinajstić information content (AvgIpc) is 2.58. The monoisotopic (exact) mass is 376 g/mol. The zero-order valence-corrected chi connectivity index (χ0v) is 15.5. The second-order valence-corrected chi connectivity index (χ2v) is 6.02. The first-order valence-corrected chi connectivity index (χ1v) is 8.05. The predicted molar refractivity (Wildman–Crippen MR) is 99.7 cm³/mol. The minimum absolute atomic E-state index is 0. The van der Waals surface area contributed by atoms with Crippen LogP contribution in [0.15, 0.2) is 18.3 Å². The average molecular weight is 377 g/mol. The van der Waals surface area contributed by atoms with Gasteiger partial charge in [-0.1, -0.05) is 6.92 Å². The highest BCUT2D eigenvalue weighted by Crippen LogP contribution is 2.19. The Kier molecular flexibility index (Phi) is 8.76. The van der Waals surface area contributed by atoms with Gasteiger partial charge in [0.2, 0.25) is 0 Å². The zero-order chi connectivity index (χ0) is 15.4. The lowest BCUT2D eigenvalue weighted by Crippen LogP contribution is -2.48. The maximum atomic E-state index is 12.7. The Balaban J connectivity index is 0.00000144. The van der Waals surface area contributed by atoms with Crippen molar-refractivity contribution < 1.29 is 9.53 Å². The summed E-state index contributed by atoms with van der Waals surface area (Å²) in [6.45, 7) is 7.00. The molecule has 2 aliphatic heterocycles. The van der Waals surface area contributed by atoms with Crippen LogP contribution < -0.4 is 15.5 Å². The van der Waals surface area contributed by atoms with Crippen LogP contribution in [0.3, 0.4) is 0 Å². The number of pyridine rings is 1. The van der Waals surface area contributed by atoms with Crippen LogP contribution in [0.25, 0.3) is 0 Å².